The van der Waals surface area contributed by atoms with E-state index in [-0.39, 0.29) is 29.9 Å². The molecule has 1 aromatic heterocycles. The molecular formula is C14H18N2O3S. The Bertz CT molecular complexity index is 514. The van der Waals surface area contributed by atoms with Crippen molar-refractivity contribution in [2.45, 2.75) is 18.6 Å². The lowest BCUT2D eigenvalue weighted by Gasteiger charge is -2.21. The number of fused-ring (bicyclic) bond motifs is 1. The lowest BCUT2D eigenvalue weighted by Crippen LogP contribution is -2.37. The maximum absolute atomic E-state index is 12.5. The SMILES string of the molecule is CN(C)C(=O)[C@@H]1CN(C(=O)c2cccs2)[C@@H]2CCO[C@H]21. The van der Waals surface area contributed by atoms with Crippen LogP contribution in [0.25, 0.3) is 0 Å². The summed E-state index contributed by atoms with van der Waals surface area (Å²) in [6.45, 7) is 1.09. The van der Waals surface area contributed by atoms with Crippen LogP contribution in [0.3, 0.4) is 0 Å². The van der Waals surface area contributed by atoms with Crippen molar-refractivity contribution in [2.75, 3.05) is 27.2 Å². The number of hydrogen-bond acceptors (Lipinski definition) is 4. The summed E-state index contributed by atoms with van der Waals surface area (Å²) in [5.74, 6) is -0.167. The van der Waals surface area contributed by atoms with Crippen LogP contribution in [0.1, 0.15) is 16.1 Å². The Kier molecular flexibility index (Phi) is 3.52. The van der Waals surface area contributed by atoms with E-state index in [0.29, 0.717) is 13.2 Å². The van der Waals surface area contributed by atoms with E-state index < -0.39 is 0 Å². The Hall–Kier alpha value is -1.40. The zero-order chi connectivity index (χ0) is 14.3. The molecule has 0 aliphatic carbocycles. The smallest absolute Gasteiger partial charge is 0.264 e. The van der Waals surface area contributed by atoms with Gasteiger partial charge in [0.1, 0.15) is 0 Å². The first-order chi connectivity index (χ1) is 9.59. The highest BCUT2D eigenvalue weighted by Crippen LogP contribution is 2.35. The molecule has 0 spiro atoms. The van der Waals surface area contributed by atoms with Crippen molar-refractivity contribution >= 4 is 23.2 Å². The normalized spacial score (nSPS) is 28.5. The summed E-state index contributed by atoms with van der Waals surface area (Å²) in [5, 5.41) is 1.90. The van der Waals surface area contributed by atoms with Crippen molar-refractivity contribution in [3.63, 3.8) is 0 Å². The van der Waals surface area contributed by atoms with Crippen LogP contribution in [-0.2, 0) is 9.53 Å². The van der Waals surface area contributed by atoms with E-state index in [9.17, 15) is 9.59 Å². The zero-order valence-corrected chi connectivity index (χ0v) is 12.4. The van der Waals surface area contributed by atoms with E-state index in [0.717, 1.165) is 11.3 Å². The zero-order valence-electron chi connectivity index (χ0n) is 11.6. The molecule has 0 N–H and O–H groups in total. The predicted molar refractivity (Wildman–Crippen MR) is 75.7 cm³/mol. The summed E-state index contributed by atoms with van der Waals surface area (Å²) < 4.78 is 5.72. The van der Waals surface area contributed by atoms with Gasteiger partial charge < -0.3 is 14.5 Å². The van der Waals surface area contributed by atoms with Crippen LogP contribution >= 0.6 is 11.3 Å². The Morgan fingerprint density at radius 2 is 2.25 bits per heavy atom. The molecule has 20 heavy (non-hydrogen) atoms. The Morgan fingerprint density at radius 1 is 1.45 bits per heavy atom. The first kappa shape index (κ1) is 13.6. The molecule has 2 amide bonds. The van der Waals surface area contributed by atoms with Gasteiger partial charge in [-0.15, -0.1) is 11.3 Å². The van der Waals surface area contributed by atoms with Crippen molar-refractivity contribution in [1.82, 2.24) is 9.80 Å². The summed E-state index contributed by atoms with van der Waals surface area (Å²) in [7, 11) is 3.49. The maximum atomic E-state index is 12.5. The predicted octanol–water partition coefficient (Wildman–Crippen LogP) is 1.07. The molecule has 0 radical (unpaired) electrons. The van der Waals surface area contributed by atoms with Crippen LogP contribution in [-0.4, -0.2) is 61.0 Å². The van der Waals surface area contributed by atoms with Gasteiger partial charge in [-0.2, -0.15) is 0 Å². The molecule has 0 bridgehead atoms. The quantitative estimate of drug-likeness (QED) is 0.820. The van der Waals surface area contributed by atoms with E-state index in [1.807, 2.05) is 22.4 Å². The first-order valence-electron chi connectivity index (χ1n) is 6.77. The van der Waals surface area contributed by atoms with Gasteiger partial charge >= 0.3 is 0 Å². The summed E-state index contributed by atoms with van der Waals surface area (Å²) in [5.41, 5.74) is 0. The third kappa shape index (κ3) is 2.13. The molecule has 3 atom stereocenters. The molecule has 0 aromatic carbocycles. The van der Waals surface area contributed by atoms with E-state index in [4.69, 9.17) is 4.74 Å². The molecule has 0 saturated carbocycles. The standard InChI is InChI=1S/C14H18N2O3S/c1-15(2)13(17)9-8-16(10-5-6-19-12(9)10)14(18)11-4-3-7-20-11/h3-4,7,9-10,12H,5-6,8H2,1-2H3/t9-,10-,12+/m1/s1. The Balaban J connectivity index is 1.83. The van der Waals surface area contributed by atoms with Crippen molar-refractivity contribution in [3.05, 3.63) is 22.4 Å². The summed E-state index contributed by atoms with van der Waals surface area (Å²) in [4.78, 5) is 28.9. The van der Waals surface area contributed by atoms with Gasteiger partial charge in [0.2, 0.25) is 5.91 Å². The van der Waals surface area contributed by atoms with Crippen LogP contribution in [0.2, 0.25) is 0 Å². The molecule has 2 saturated heterocycles. The number of carbonyl (C=O) groups is 2. The minimum absolute atomic E-state index is 0.0227. The number of likely N-dealkylation sites (tertiary alicyclic amines) is 1. The minimum atomic E-state index is -0.235. The van der Waals surface area contributed by atoms with Crippen LogP contribution in [0, 0.1) is 5.92 Å². The van der Waals surface area contributed by atoms with Gasteiger partial charge in [0.25, 0.3) is 5.91 Å². The lowest BCUT2D eigenvalue weighted by atomic mass is 10.0. The number of hydrogen-bond donors (Lipinski definition) is 0. The Labute approximate surface area is 122 Å². The van der Waals surface area contributed by atoms with E-state index in [1.54, 1.807) is 19.0 Å². The third-order valence-corrected chi connectivity index (χ3v) is 4.90. The number of thiophene rings is 1. The molecule has 3 heterocycles. The van der Waals surface area contributed by atoms with Crippen LogP contribution in [0.15, 0.2) is 17.5 Å². The largest absolute Gasteiger partial charge is 0.375 e. The van der Waals surface area contributed by atoms with Gasteiger partial charge in [-0.25, -0.2) is 0 Å². The van der Waals surface area contributed by atoms with Crippen LogP contribution in [0.5, 0.6) is 0 Å². The topological polar surface area (TPSA) is 49.9 Å². The highest BCUT2D eigenvalue weighted by Gasteiger charge is 2.50. The summed E-state index contributed by atoms with van der Waals surface area (Å²) in [6, 6.07) is 3.75. The fraction of sp³-hybridized carbons (Fsp3) is 0.571. The van der Waals surface area contributed by atoms with Gasteiger partial charge in [-0.1, -0.05) is 6.07 Å². The van der Waals surface area contributed by atoms with E-state index >= 15 is 0 Å². The second kappa shape index (κ2) is 5.18. The number of carbonyl (C=O) groups excluding carboxylic acids is 2. The van der Waals surface area contributed by atoms with Crippen molar-refractivity contribution < 1.29 is 14.3 Å². The Morgan fingerprint density at radius 3 is 2.90 bits per heavy atom. The van der Waals surface area contributed by atoms with Gasteiger partial charge in [-0.05, 0) is 17.9 Å². The average molecular weight is 294 g/mol. The molecule has 0 unspecified atom stereocenters. The van der Waals surface area contributed by atoms with E-state index in [2.05, 4.69) is 0 Å². The number of rotatable bonds is 2. The van der Waals surface area contributed by atoms with Crippen molar-refractivity contribution in [2.24, 2.45) is 5.92 Å². The molecule has 5 nitrogen and oxygen atoms in total. The first-order valence-corrected chi connectivity index (χ1v) is 7.65. The van der Waals surface area contributed by atoms with Crippen molar-refractivity contribution in [3.8, 4) is 0 Å². The second-order valence-electron chi connectivity index (χ2n) is 5.47. The van der Waals surface area contributed by atoms with Crippen molar-refractivity contribution in [1.29, 1.82) is 0 Å². The van der Waals surface area contributed by atoms with Gasteiger partial charge in [0.05, 0.1) is 22.9 Å². The lowest BCUT2D eigenvalue weighted by molar-refractivity contribution is -0.135. The molecule has 6 heteroatoms. The monoisotopic (exact) mass is 294 g/mol. The molecule has 2 fully saturated rings. The highest BCUT2D eigenvalue weighted by atomic mass is 32.1. The van der Waals surface area contributed by atoms with Gasteiger partial charge in [0, 0.05) is 27.2 Å². The molecular weight excluding hydrogens is 276 g/mol. The third-order valence-electron chi connectivity index (χ3n) is 4.04. The molecule has 3 rings (SSSR count). The molecule has 2 aliphatic heterocycles. The number of nitrogens with zero attached hydrogens (tertiary/aromatic N) is 2. The second-order valence-corrected chi connectivity index (χ2v) is 6.41. The molecule has 1 aromatic rings. The van der Waals surface area contributed by atoms with Gasteiger partial charge in [0.15, 0.2) is 0 Å². The average Bonchev–Trinajstić information content (AvgIpc) is 3.13. The summed E-state index contributed by atoms with van der Waals surface area (Å²) >= 11 is 1.44. The maximum Gasteiger partial charge on any atom is 0.264 e. The fourth-order valence-electron chi connectivity index (χ4n) is 3.09. The summed E-state index contributed by atoms with van der Waals surface area (Å²) in [6.07, 6.45) is 0.674. The van der Waals surface area contributed by atoms with E-state index in [1.165, 1.54) is 11.3 Å². The molecule has 2 aliphatic rings. The van der Waals surface area contributed by atoms with Gasteiger partial charge in [-0.3, -0.25) is 9.59 Å². The molecule has 108 valence electrons. The fourth-order valence-corrected chi connectivity index (χ4v) is 3.77. The highest BCUT2D eigenvalue weighted by molar-refractivity contribution is 7.12. The van der Waals surface area contributed by atoms with Crippen LogP contribution in [0.4, 0.5) is 0 Å². The number of amides is 2. The van der Waals surface area contributed by atoms with Crippen LogP contribution < -0.4 is 0 Å². The number of ether oxygens (including phenoxy) is 1. The minimum Gasteiger partial charge on any atom is -0.375 e.